The molecule has 0 spiro atoms. The zero-order valence-electron chi connectivity index (χ0n) is 9.10. The molecule has 1 aliphatic rings. The van der Waals surface area contributed by atoms with Crippen molar-refractivity contribution in [1.82, 2.24) is 0 Å². The lowest BCUT2D eigenvalue weighted by Crippen LogP contribution is -2.32. The predicted molar refractivity (Wildman–Crippen MR) is 61.1 cm³/mol. The summed E-state index contributed by atoms with van der Waals surface area (Å²) in [7, 11) is 0. The summed E-state index contributed by atoms with van der Waals surface area (Å²) in [5.74, 6) is -0.585. The molecule has 3 nitrogen and oxygen atoms in total. The van der Waals surface area contributed by atoms with E-state index in [-0.39, 0.29) is 30.2 Å². The molecule has 0 amide bonds. The molecular formula is C13H13FO3. The van der Waals surface area contributed by atoms with Crippen LogP contribution in [0.25, 0.3) is 0 Å². The van der Waals surface area contributed by atoms with Gasteiger partial charge in [0.15, 0.2) is 0 Å². The van der Waals surface area contributed by atoms with E-state index in [1.807, 2.05) is 0 Å². The lowest BCUT2D eigenvalue weighted by Gasteiger charge is -2.27. The van der Waals surface area contributed by atoms with Crippen LogP contribution in [0.2, 0.25) is 0 Å². The first kappa shape index (κ1) is 11.7. The van der Waals surface area contributed by atoms with Crippen molar-refractivity contribution in [2.45, 2.75) is 18.4 Å². The van der Waals surface area contributed by atoms with Gasteiger partial charge < -0.3 is 15.3 Å². The van der Waals surface area contributed by atoms with E-state index < -0.39 is 5.60 Å². The second-order valence-corrected chi connectivity index (χ2v) is 4.29. The average molecular weight is 236 g/mol. The fraction of sp³-hybridized carbons (Fsp3) is 0.231. The Labute approximate surface area is 98.1 Å². The maximum absolute atomic E-state index is 12.7. The summed E-state index contributed by atoms with van der Waals surface area (Å²) >= 11 is 0. The van der Waals surface area contributed by atoms with Gasteiger partial charge in [0.05, 0.1) is 11.4 Å². The third-order valence-electron chi connectivity index (χ3n) is 2.64. The summed E-state index contributed by atoms with van der Waals surface area (Å²) in [6.45, 7) is 0. The monoisotopic (exact) mass is 236 g/mol. The Morgan fingerprint density at radius 1 is 1.18 bits per heavy atom. The van der Waals surface area contributed by atoms with Gasteiger partial charge in [-0.05, 0) is 23.8 Å². The molecule has 3 N–H and O–H groups in total. The summed E-state index contributed by atoms with van der Waals surface area (Å²) in [6, 6.07) is 5.74. The third kappa shape index (κ3) is 2.85. The van der Waals surface area contributed by atoms with E-state index in [0.29, 0.717) is 0 Å². The van der Waals surface area contributed by atoms with Crippen LogP contribution in [0.5, 0.6) is 0 Å². The summed E-state index contributed by atoms with van der Waals surface area (Å²) in [6.07, 6.45) is 2.72. The molecular weight excluding hydrogens is 223 g/mol. The SMILES string of the molecule is OC1=CC(O)(Cc2ccc(F)cc2)CC(O)=C1. The van der Waals surface area contributed by atoms with Gasteiger partial charge in [0.1, 0.15) is 11.6 Å². The van der Waals surface area contributed by atoms with Crippen LogP contribution in [0.15, 0.2) is 47.9 Å². The smallest absolute Gasteiger partial charge is 0.123 e. The Morgan fingerprint density at radius 3 is 2.41 bits per heavy atom. The predicted octanol–water partition coefficient (Wildman–Crippen LogP) is 2.39. The number of benzene rings is 1. The number of halogens is 1. The van der Waals surface area contributed by atoms with Crippen molar-refractivity contribution in [2.75, 3.05) is 0 Å². The Bertz CT molecular complexity index is 476. The van der Waals surface area contributed by atoms with Gasteiger partial charge >= 0.3 is 0 Å². The average Bonchev–Trinajstić information content (AvgIpc) is 2.19. The van der Waals surface area contributed by atoms with Crippen LogP contribution in [-0.4, -0.2) is 20.9 Å². The van der Waals surface area contributed by atoms with Crippen LogP contribution in [0.1, 0.15) is 12.0 Å². The molecule has 4 heteroatoms. The van der Waals surface area contributed by atoms with Crippen LogP contribution < -0.4 is 0 Å². The molecule has 2 rings (SSSR count). The standard InChI is InChI=1S/C13H13FO3/c14-10-3-1-9(2-4-10)6-13(17)7-11(15)5-12(16)8-13/h1-5,7,15-17H,6,8H2. The number of aliphatic hydroxyl groups is 3. The van der Waals surface area contributed by atoms with E-state index in [0.717, 1.165) is 5.56 Å². The van der Waals surface area contributed by atoms with Crippen molar-refractivity contribution in [3.63, 3.8) is 0 Å². The molecule has 1 unspecified atom stereocenters. The molecule has 17 heavy (non-hydrogen) atoms. The molecule has 0 bridgehead atoms. The highest BCUT2D eigenvalue weighted by Crippen LogP contribution is 2.27. The van der Waals surface area contributed by atoms with Crippen molar-refractivity contribution in [3.8, 4) is 0 Å². The molecule has 1 atom stereocenters. The Balaban J connectivity index is 2.18. The minimum Gasteiger partial charge on any atom is -0.512 e. The first-order chi connectivity index (χ1) is 7.97. The normalized spacial score (nSPS) is 24.1. The third-order valence-corrected chi connectivity index (χ3v) is 2.64. The lowest BCUT2D eigenvalue weighted by molar-refractivity contribution is 0.0727. The van der Waals surface area contributed by atoms with Crippen molar-refractivity contribution in [2.24, 2.45) is 0 Å². The van der Waals surface area contributed by atoms with Gasteiger partial charge in [-0.3, -0.25) is 0 Å². The fourth-order valence-electron chi connectivity index (χ4n) is 1.97. The summed E-state index contributed by atoms with van der Waals surface area (Å²) in [5.41, 5.74) is -0.603. The highest BCUT2D eigenvalue weighted by atomic mass is 19.1. The van der Waals surface area contributed by atoms with Gasteiger partial charge in [0, 0.05) is 18.9 Å². The molecule has 0 fully saturated rings. The van der Waals surface area contributed by atoms with Gasteiger partial charge in [0.25, 0.3) is 0 Å². The lowest BCUT2D eigenvalue weighted by atomic mass is 9.87. The maximum Gasteiger partial charge on any atom is 0.123 e. The molecule has 0 aliphatic heterocycles. The van der Waals surface area contributed by atoms with E-state index in [2.05, 4.69) is 0 Å². The van der Waals surface area contributed by atoms with E-state index in [1.165, 1.54) is 24.3 Å². The highest BCUT2D eigenvalue weighted by Gasteiger charge is 2.30. The van der Waals surface area contributed by atoms with Crippen LogP contribution in [0, 0.1) is 5.82 Å². The van der Waals surface area contributed by atoms with Crippen LogP contribution in [0.4, 0.5) is 4.39 Å². The summed E-state index contributed by atoms with van der Waals surface area (Å²) in [5, 5.41) is 28.9. The maximum atomic E-state index is 12.7. The molecule has 1 aromatic rings. The zero-order chi connectivity index (χ0) is 12.5. The largest absolute Gasteiger partial charge is 0.512 e. The van der Waals surface area contributed by atoms with Crippen molar-refractivity contribution >= 4 is 0 Å². The number of rotatable bonds is 2. The van der Waals surface area contributed by atoms with Crippen LogP contribution >= 0.6 is 0 Å². The molecule has 0 saturated carbocycles. The number of hydrogen-bond acceptors (Lipinski definition) is 3. The minimum atomic E-state index is -1.33. The van der Waals surface area contributed by atoms with E-state index in [4.69, 9.17) is 0 Å². The van der Waals surface area contributed by atoms with Gasteiger partial charge in [-0.25, -0.2) is 4.39 Å². The first-order valence-corrected chi connectivity index (χ1v) is 5.25. The van der Waals surface area contributed by atoms with Crippen molar-refractivity contribution in [3.05, 3.63) is 59.3 Å². The molecule has 90 valence electrons. The quantitative estimate of drug-likeness (QED) is 0.738. The first-order valence-electron chi connectivity index (χ1n) is 5.25. The molecule has 1 aliphatic carbocycles. The second kappa shape index (κ2) is 4.22. The van der Waals surface area contributed by atoms with Gasteiger partial charge in [0.2, 0.25) is 0 Å². The Hall–Kier alpha value is -1.81. The van der Waals surface area contributed by atoms with Gasteiger partial charge in [-0.1, -0.05) is 12.1 Å². The van der Waals surface area contributed by atoms with Gasteiger partial charge in [-0.15, -0.1) is 0 Å². The van der Waals surface area contributed by atoms with Crippen LogP contribution in [-0.2, 0) is 6.42 Å². The van der Waals surface area contributed by atoms with E-state index in [9.17, 15) is 19.7 Å². The van der Waals surface area contributed by atoms with E-state index >= 15 is 0 Å². The Kier molecular flexibility index (Phi) is 2.90. The molecule has 1 aromatic carbocycles. The van der Waals surface area contributed by atoms with Crippen LogP contribution in [0.3, 0.4) is 0 Å². The fourth-order valence-corrected chi connectivity index (χ4v) is 1.97. The Morgan fingerprint density at radius 2 is 1.82 bits per heavy atom. The molecule has 0 heterocycles. The molecule has 0 aromatic heterocycles. The van der Waals surface area contributed by atoms with Gasteiger partial charge in [-0.2, -0.15) is 0 Å². The van der Waals surface area contributed by atoms with Crippen molar-refractivity contribution < 1.29 is 19.7 Å². The highest BCUT2D eigenvalue weighted by molar-refractivity contribution is 5.29. The summed E-state index contributed by atoms with van der Waals surface area (Å²) in [4.78, 5) is 0. The second-order valence-electron chi connectivity index (χ2n) is 4.29. The zero-order valence-corrected chi connectivity index (χ0v) is 9.10. The number of allylic oxidation sites excluding steroid dienone is 1. The molecule has 0 saturated heterocycles. The van der Waals surface area contributed by atoms with Crippen molar-refractivity contribution in [1.29, 1.82) is 0 Å². The number of hydrogen-bond donors (Lipinski definition) is 3. The van der Waals surface area contributed by atoms with E-state index in [1.54, 1.807) is 12.1 Å². The minimum absolute atomic E-state index is 0.0361. The summed E-state index contributed by atoms with van der Waals surface area (Å²) < 4.78 is 12.7. The topological polar surface area (TPSA) is 60.7 Å². The molecule has 0 radical (unpaired) electrons. The number of aliphatic hydroxyl groups excluding tert-OH is 2.